The normalized spacial score (nSPS) is 11.9. The zero-order valence-corrected chi connectivity index (χ0v) is 12.1. The van der Waals surface area contributed by atoms with Crippen molar-refractivity contribution in [2.24, 2.45) is 0 Å². The molecule has 0 aliphatic rings. The van der Waals surface area contributed by atoms with Gasteiger partial charge in [0, 0.05) is 0 Å². The topological polar surface area (TPSA) is 49.3 Å². The molecule has 2 N–H and O–H groups in total. The number of carbonyl (C=O) groups is 1. The van der Waals surface area contributed by atoms with Gasteiger partial charge in [-0.2, -0.15) is 0 Å². The second-order valence-corrected chi connectivity index (χ2v) is 5.12. The second kappa shape index (κ2) is 5.97. The number of aromatic hydroxyl groups is 1. The van der Waals surface area contributed by atoms with Gasteiger partial charge in [0.25, 0.3) is 5.91 Å². The van der Waals surface area contributed by atoms with Crippen molar-refractivity contribution < 1.29 is 9.90 Å². The van der Waals surface area contributed by atoms with Crippen molar-refractivity contribution in [1.82, 2.24) is 5.32 Å². The van der Waals surface area contributed by atoms with Gasteiger partial charge in [-0.15, -0.1) is 0 Å². The molecule has 1 amide bonds. The van der Waals surface area contributed by atoms with E-state index < -0.39 is 0 Å². The van der Waals surface area contributed by atoms with Crippen LogP contribution in [0, 0.1) is 6.92 Å². The molecule has 104 valence electrons. The molecule has 1 atom stereocenters. The standard InChI is InChI=1S/C16H16ClNO2/c1-10-5-3-4-6-13(10)11(2)18-16(20)14-9-12(19)7-8-15(14)17/h3-9,11,19H,1-2H3,(H,18,20). The summed E-state index contributed by atoms with van der Waals surface area (Å²) in [7, 11) is 0. The minimum atomic E-state index is -0.304. The summed E-state index contributed by atoms with van der Waals surface area (Å²) >= 11 is 5.98. The first-order valence-electron chi connectivity index (χ1n) is 6.34. The molecule has 0 heterocycles. The number of nitrogens with one attached hydrogen (secondary N) is 1. The van der Waals surface area contributed by atoms with Crippen molar-refractivity contribution in [2.45, 2.75) is 19.9 Å². The average molecular weight is 290 g/mol. The van der Waals surface area contributed by atoms with Crippen LogP contribution in [-0.4, -0.2) is 11.0 Å². The maximum atomic E-state index is 12.2. The highest BCUT2D eigenvalue weighted by atomic mass is 35.5. The Hall–Kier alpha value is -2.00. The smallest absolute Gasteiger partial charge is 0.253 e. The molecule has 0 fully saturated rings. The van der Waals surface area contributed by atoms with E-state index in [1.807, 2.05) is 38.1 Å². The van der Waals surface area contributed by atoms with Crippen molar-refractivity contribution in [2.75, 3.05) is 0 Å². The van der Waals surface area contributed by atoms with E-state index >= 15 is 0 Å². The van der Waals surface area contributed by atoms with Gasteiger partial charge in [0.2, 0.25) is 0 Å². The first-order chi connectivity index (χ1) is 9.49. The van der Waals surface area contributed by atoms with Crippen molar-refractivity contribution in [1.29, 1.82) is 0 Å². The van der Waals surface area contributed by atoms with Gasteiger partial charge in [0.15, 0.2) is 0 Å². The predicted molar refractivity (Wildman–Crippen MR) is 80.2 cm³/mol. The number of hydrogen-bond acceptors (Lipinski definition) is 2. The Kier molecular flexibility index (Phi) is 4.30. The third-order valence-corrected chi connectivity index (χ3v) is 3.53. The molecule has 0 aromatic heterocycles. The summed E-state index contributed by atoms with van der Waals surface area (Å²) in [6.07, 6.45) is 0. The molecule has 0 saturated heterocycles. The first-order valence-corrected chi connectivity index (χ1v) is 6.71. The Labute approximate surface area is 123 Å². The molecule has 2 rings (SSSR count). The lowest BCUT2D eigenvalue weighted by molar-refractivity contribution is 0.0939. The van der Waals surface area contributed by atoms with Crippen molar-refractivity contribution in [3.05, 3.63) is 64.2 Å². The fourth-order valence-electron chi connectivity index (χ4n) is 2.11. The highest BCUT2D eigenvalue weighted by Crippen LogP contribution is 2.23. The monoisotopic (exact) mass is 289 g/mol. The molecule has 20 heavy (non-hydrogen) atoms. The van der Waals surface area contributed by atoms with E-state index in [9.17, 15) is 9.90 Å². The van der Waals surface area contributed by atoms with E-state index in [0.717, 1.165) is 11.1 Å². The molecule has 0 saturated carbocycles. The summed E-state index contributed by atoms with van der Waals surface area (Å²) in [6.45, 7) is 3.91. The number of phenols is 1. The van der Waals surface area contributed by atoms with Crippen LogP contribution in [0.4, 0.5) is 0 Å². The molecule has 0 radical (unpaired) electrons. The highest BCUT2D eigenvalue weighted by Gasteiger charge is 2.15. The summed E-state index contributed by atoms with van der Waals surface area (Å²) in [6, 6.07) is 12.0. The van der Waals surface area contributed by atoms with Crippen LogP contribution in [0.15, 0.2) is 42.5 Å². The molecule has 0 spiro atoms. The van der Waals surface area contributed by atoms with Crippen LogP contribution in [0.2, 0.25) is 5.02 Å². The van der Waals surface area contributed by atoms with Gasteiger partial charge in [0.05, 0.1) is 16.6 Å². The maximum absolute atomic E-state index is 12.2. The van der Waals surface area contributed by atoms with Crippen molar-refractivity contribution in [3.63, 3.8) is 0 Å². The number of rotatable bonds is 3. The van der Waals surface area contributed by atoms with Gasteiger partial charge < -0.3 is 10.4 Å². The van der Waals surface area contributed by atoms with Gasteiger partial charge >= 0.3 is 0 Å². The van der Waals surface area contributed by atoms with Crippen molar-refractivity contribution >= 4 is 17.5 Å². The summed E-state index contributed by atoms with van der Waals surface area (Å²) in [5.41, 5.74) is 2.44. The quantitative estimate of drug-likeness (QED) is 0.902. The van der Waals surface area contributed by atoms with E-state index in [0.29, 0.717) is 5.02 Å². The Morgan fingerprint density at radius 3 is 2.65 bits per heavy atom. The number of hydrogen-bond donors (Lipinski definition) is 2. The number of amides is 1. The number of phenolic OH excluding ortho intramolecular Hbond substituents is 1. The molecule has 2 aromatic rings. The largest absolute Gasteiger partial charge is 0.508 e. The average Bonchev–Trinajstić information content (AvgIpc) is 2.41. The van der Waals surface area contributed by atoms with Gasteiger partial charge in [0.1, 0.15) is 5.75 Å². The van der Waals surface area contributed by atoms with Gasteiger partial charge in [-0.1, -0.05) is 35.9 Å². The molecular formula is C16H16ClNO2. The third-order valence-electron chi connectivity index (χ3n) is 3.20. The molecule has 0 aliphatic heterocycles. The fourth-order valence-corrected chi connectivity index (χ4v) is 2.32. The lowest BCUT2D eigenvalue weighted by atomic mass is 10.0. The number of carbonyl (C=O) groups excluding carboxylic acids is 1. The van der Waals surface area contributed by atoms with Gasteiger partial charge in [-0.05, 0) is 43.2 Å². The van der Waals surface area contributed by atoms with Crippen LogP contribution >= 0.6 is 11.6 Å². The van der Waals surface area contributed by atoms with Crippen LogP contribution in [-0.2, 0) is 0 Å². The molecule has 1 unspecified atom stereocenters. The third kappa shape index (κ3) is 3.11. The van der Waals surface area contributed by atoms with E-state index in [4.69, 9.17) is 11.6 Å². The number of aryl methyl sites for hydroxylation is 1. The zero-order chi connectivity index (χ0) is 14.7. The Balaban J connectivity index is 2.20. The maximum Gasteiger partial charge on any atom is 0.253 e. The number of halogens is 1. The van der Waals surface area contributed by atoms with Gasteiger partial charge in [-0.25, -0.2) is 0 Å². The molecule has 3 nitrogen and oxygen atoms in total. The summed E-state index contributed by atoms with van der Waals surface area (Å²) in [5, 5.41) is 12.6. The summed E-state index contributed by atoms with van der Waals surface area (Å²) < 4.78 is 0. The molecule has 4 heteroatoms. The lowest BCUT2D eigenvalue weighted by Crippen LogP contribution is -2.27. The van der Waals surface area contributed by atoms with Crippen LogP contribution in [0.5, 0.6) is 5.75 Å². The number of benzene rings is 2. The molecule has 0 bridgehead atoms. The molecular weight excluding hydrogens is 274 g/mol. The van der Waals surface area contributed by atoms with E-state index in [-0.39, 0.29) is 23.3 Å². The van der Waals surface area contributed by atoms with Crippen LogP contribution in [0.3, 0.4) is 0 Å². The first kappa shape index (κ1) is 14.4. The summed E-state index contributed by atoms with van der Waals surface area (Å²) in [5.74, 6) is -0.287. The van der Waals surface area contributed by atoms with Crippen LogP contribution in [0.1, 0.15) is 34.5 Å². The SMILES string of the molecule is Cc1ccccc1C(C)NC(=O)c1cc(O)ccc1Cl. The van der Waals surface area contributed by atoms with Crippen molar-refractivity contribution in [3.8, 4) is 5.75 Å². The molecule has 2 aromatic carbocycles. The molecule has 0 aliphatic carbocycles. The fraction of sp³-hybridized carbons (Fsp3) is 0.188. The Morgan fingerprint density at radius 1 is 1.25 bits per heavy atom. The Morgan fingerprint density at radius 2 is 1.95 bits per heavy atom. The van der Waals surface area contributed by atoms with E-state index in [1.54, 1.807) is 0 Å². The predicted octanol–water partition coefficient (Wildman–Crippen LogP) is 3.85. The van der Waals surface area contributed by atoms with Crippen LogP contribution in [0.25, 0.3) is 0 Å². The minimum absolute atomic E-state index is 0.0168. The zero-order valence-electron chi connectivity index (χ0n) is 11.4. The second-order valence-electron chi connectivity index (χ2n) is 4.72. The highest BCUT2D eigenvalue weighted by molar-refractivity contribution is 6.33. The van der Waals surface area contributed by atoms with E-state index in [2.05, 4.69) is 5.32 Å². The Bertz CT molecular complexity index is 640. The summed E-state index contributed by atoms with van der Waals surface area (Å²) in [4.78, 5) is 12.2. The van der Waals surface area contributed by atoms with E-state index in [1.165, 1.54) is 18.2 Å². The lowest BCUT2D eigenvalue weighted by Gasteiger charge is -2.17. The minimum Gasteiger partial charge on any atom is -0.508 e. The van der Waals surface area contributed by atoms with Crippen LogP contribution < -0.4 is 5.32 Å². The van der Waals surface area contributed by atoms with Gasteiger partial charge in [-0.3, -0.25) is 4.79 Å².